The molecule has 0 atom stereocenters. The molecule has 0 radical (unpaired) electrons. The number of aromatic hydroxyl groups is 2. The van der Waals surface area contributed by atoms with E-state index < -0.39 is 0 Å². The van der Waals surface area contributed by atoms with Crippen molar-refractivity contribution in [1.82, 2.24) is 0 Å². The third kappa shape index (κ3) is 1.87. The van der Waals surface area contributed by atoms with Crippen molar-refractivity contribution in [3.8, 4) is 22.6 Å². The van der Waals surface area contributed by atoms with Gasteiger partial charge in [0.15, 0.2) is 0 Å². The molecule has 0 unspecified atom stereocenters. The predicted octanol–water partition coefficient (Wildman–Crippen LogP) is 3.33. The van der Waals surface area contributed by atoms with Gasteiger partial charge in [-0.25, -0.2) is 0 Å². The summed E-state index contributed by atoms with van der Waals surface area (Å²) in [5.74, 6) is 0.516. The number of hydrogen-bond donors (Lipinski definition) is 2. The number of benzene rings is 2. The number of rotatable bonds is 2. The first-order valence-electron chi connectivity index (χ1n) is 5.32. The van der Waals surface area contributed by atoms with E-state index in [2.05, 4.69) is 6.92 Å². The van der Waals surface area contributed by atoms with E-state index in [1.54, 1.807) is 18.2 Å². The Labute approximate surface area is 94.8 Å². The van der Waals surface area contributed by atoms with Crippen molar-refractivity contribution >= 4 is 0 Å². The standard InChI is InChI=1S/C14H14O2/c1-2-10-4-3-5-13(16)14(10)11-6-8-12(15)9-7-11/h3-9,15-16H,2H2,1H3. The highest BCUT2D eigenvalue weighted by atomic mass is 16.3. The van der Waals surface area contributed by atoms with Gasteiger partial charge in [0, 0.05) is 5.56 Å². The van der Waals surface area contributed by atoms with E-state index in [0.717, 1.165) is 23.1 Å². The average Bonchev–Trinajstić information content (AvgIpc) is 2.30. The summed E-state index contributed by atoms with van der Waals surface area (Å²) in [6.07, 6.45) is 0.866. The molecule has 0 amide bonds. The summed E-state index contributed by atoms with van der Waals surface area (Å²) >= 11 is 0. The Balaban J connectivity index is 2.58. The third-order valence-electron chi connectivity index (χ3n) is 2.67. The van der Waals surface area contributed by atoms with Gasteiger partial charge in [-0.15, -0.1) is 0 Å². The fourth-order valence-electron chi connectivity index (χ4n) is 1.84. The topological polar surface area (TPSA) is 40.5 Å². The second-order valence-corrected chi connectivity index (χ2v) is 3.71. The number of phenolic OH excluding ortho intramolecular Hbond substituents is 2. The van der Waals surface area contributed by atoms with Crippen LogP contribution in [0, 0.1) is 0 Å². The largest absolute Gasteiger partial charge is 0.508 e. The predicted molar refractivity (Wildman–Crippen MR) is 64.6 cm³/mol. The Morgan fingerprint density at radius 3 is 2.25 bits per heavy atom. The number of phenols is 2. The van der Waals surface area contributed by atoms with Gasteiger partial charge in [0.2, 0.25) is 0 Å². The molecule has 2 nitrogen and oxygen atoms in total. The van der Waals surface area contributed by atoms with Crippen LogP contribution < -0.4 is 0 Å². The Kier molecular flexibility index (Phi) is 2.82. The van der Waals surface area contributed by atoms with Crippen LogP contribution in [0.3, 0.4) is 0 Å². The van der Waals surface area contributed by atoms with E-state index in [-0.39, 0.29) is 11.5 Å². The minimum atomic E-state index is 0.234. The molecule has 0 saturated heterocycles. The summed E-state index contributed by atoms with van der Waals surface area (Å²) in [6, 6.07) is 12.4. The van der Waals surface area contributed by atoms with Gasteiger partial charge in [0.25, 0.3) is 0 Å². The minimum absolute atomic E-state index is 0.234. The molecule has 0 fully saturated rings. The lowest BCUT2D eigenvalue weighted by molar-refractivity contribution is 0.474. The van der Waals surface area contributed by atoms with Crippen molar-refractivity contribution in [3.63, 3.8) is 0 Å². The molecule has 0 aromatic heterocycles. The lowest BCUT2D eigenvalue weighted by atomic mass is 9.97. The molecular formula is C14H14O2. The third-order valence-corrected chi connectivity index (χ3v) is 2.67. The van der Waals surface area contributed by atoms with E-state index >= 15 is 0 Å². The first kappa shape index (κ1) is 10.6. The summed E-state index contributed by atoms with van der Waals surface area (Å²) < 4.78 is 0. The first-order valence-corrected chi connectivity index (χ1v) is 5.32. The van der Waals surface area contributed by atoms with Crippen molar-refractivity contribution in [2.75, 3.05) is 0 Å². The molecule has 0 aliphatic carbocycles. The molecule has 0 aliphatic heterocycles. The molecular weight excluding hydrogens is 200 g/mol. The molecule has 2 heteroatoms. The lowest BCUT2D eigenvalue weighted by Crippen LogP contribution is -1.87. The molecule has 0 heterocycles. The van der Waals surface area contributed by atoms with Crippen molar-refractivity contribution in [2.45, 2.75) is 13.3 Å². The van der Waals surface area contributed by atoms with Crippen LogP contribution >= 0.6 is 0 Å². The maximum Gasteiger partial charge on any atom is 0.123 e. The van der Waals surface area contributed by atoms with Gasteiger partial charge in [-0.1, -0.05) is 31.2 Å². The molecule has 2 N–H and O–H groups in total. The molecule has 2 aromatic carbocycles. The molecule has 2 rings (SSSR count). The lowest BCUT2D eigenvalue weighted by Gasteiger charge is -2.10. The Morgan fingerprint density at radius 1 is 0.938 bits per heavy atom. The molecule has 2 aromatic rings. The highest BCUT2D eigenvalue weighted by Gasteiger charge is 2.08. The minimum Gasteiger partial charge on any atom is -0.508 e. The normalized spacial score (nSPS) is 10.3. The van der Waals surface area contributed by atoms with Crippen LogP contribution in [0.2, 0.25) is 0 Å². The molecule has 0 aliphatic rings. The van der Waals surface area contributed by atoms with Gasteiger partial charge in [0.1, 0.15) is 11.5 Å². The van der Waals surface area contributed by atoms with Gasteiger partial charge < -0.3 is 10.2 Å². The zero-order valence-electron chi connectivity index (χ0n) is 9.14. The maximum atomic E-state index is 9.88. The Bertz CT molecular complexity index is 487. The van der Waals surface area contributed by atoms with Crippen LogP contribution in [0.1, 0.15) is 12.5 Å². The van der Waals surface area contributed by atoms with Crippen LogP contribution in [0.4, 0.5) is 0 Å². The van der Waals surface area contributed by atoms with Crippen LogP contribution in [0.25, 0.3) is 11.1 Å². The number of hydrogen-bond acceptors (Lipinski definition) is 2. The van der Waals surface area contributed by atoms with E-state index in [4.69, 9.17) is 0 Å². The van der Waals surface area contributed by atoms with E-state index in [1.165, 1.54) is 0 Å². The van der Waals surface area contributed by atoms with Crippen molar-refractivity contribution in [2.24, 2.45) is 0 Å². The maximum absolute atomic E-state index is 9.88. The van der Waals surface area contributed by atoms with E-state index in [1.807, 2.05) is 24.3 Å². The molecule has 82 valence electrons. The van der Waals surface area contributed by atoms with Gasteiger partial charge in [-0.3, -0.25) is 0 Å². The van der Waals surface area contributed by atoms with E-state index in [0.29, 0.717) is 0 Å². The fourth-order valence-corrected chi connectivity index (χ4v) is 1.84. The highest BCUT2D eigenvalue weighted by Crippen LogP contribution is 2.33. The molecule has 0 saturated carbocycles. The summed E-state index contributed by atoms with van der Waals surface area (Å²) in [4.78, 5) is 0. The Hall–Kier alpha value is -1.96. The van der Waals surface area contributed by atoms with Crippen molar-refractivity contribution in [3.05, 3.63) is 48.0 Å². The van der Waals surface area contributed by atoms with Crippen LogP contribution in [-0.2, 0) is 6.42 Å². The van der Waals surface area contributed by atoms with Gasteiger partial charge in [-0.2, -0.15) is 0 Å². The van der Waals surface area contributed by atoms with Crippen molar-refractivity contribution in [1.29, 1.82) is 0 Å². The highest BCUT2D eigenvalue weighted by molar-refractivity contribution is 5.74. The number of aryl methyl sites for hydroxylation is 1. The van der Waals surface area contributed by atoms with Crippen LogP contribution in [0.15, 0.2) is 42.5 Å². The second kappa shape index (κ2) is 4.27. The van der Waals surface area contributed by atoms with Crippen LogP contribution in [0.5, 0.6) is 11.5 Å². The monoisotopic (exact) mass is 214 g/mol. The summed E-state index contributed by atoms with van der Waals surface area (Å²) in [5.41, 5.74) is 2.88. The van der Waals surface area contributed by atoms with Gasteiger partial charge in [-0.05, 0) is 35.7 Å². The fraction of sp³-hybridized carbons (Fsp3) is 0.143. The van der Waals surface area contributed by atoms with E-state index in [9.17, 15) is 10.2 Å². The smallest absolute Gasteiger partial charge is 0.123 e. The Morgan fingerprint density at radius 2 is 1.62 bits per heavy atom. The molecule has 16 heavy (non-hydrogen) atoms. The zero-order valence-corrected chi connectivity index (χ0v) is 9.14. The average molecular weight is 214 g/mol. The summed E-state index contributed by atoms with van der Waals surface area (Å²) in [6.45, 7) is 2.05. The summed E-state index contributed by atoms with van der Waals surface area (Å²) in [5, 5.41) is 19.1. The SMILES string of the molecule is CCc1cccc(O)c1-c1ccc(O)cc1. The zero-order chi connectivity index (χ0) is 11.5. The summed E-state index contributed by atoms with van der Waals surface area (Å²) in [7, 11) is 0. The first-order chi connectivity index (χ1) is 7.72. The quantitative estimate of drug-likeness (QED) is 0.805. The molecule has 0 bridgehead atoms. The van der Waals surface area contributed by atoms with Crippen molar-refractivity contribution < 1.29 is 10.2 Å². The second-order valence-electron chi connectivity index (χ2n) is 3.71. The van der Waals surface area contributed by atoms with Crippen LogP contribution in [-0.4, -0.2) is 10.2 Å². The van der Waals surface area contributed by atoms with Gasteiger partial charge >= 0.3 is 0 Å². The van der Waals surface area contributed by atoms with Gasteiger partial charge in [0.05, 0.1) is 0 Å². The molecule has 0 spiro atoms.